The van der Waals surface area contributed by atoms with Crippen molar-refractivity contribution in [3.05, 3.63) is 70.5 Å². The van der Waals surface area contributed by atoms with Gasteiger partial charge in [0.25, 0.3) is 0 Å². The van der Waals surface area contributed by atoms with Gasteiger partial charge in [0.15, 0.2) is 0 Å². The fourth-order valence-electron chi connectivity index (χ4n) is 2.21. The minimum atomic E-state index is 0.287. The zero-order valence-electron chi connectivity index (χ0n) is 11.0. The van der Waals surface area contributed by atoms with Crippen molar-refractivity contribution in [2.45, 2.75) is 12.8 Å². The van der Waals surface area contributed by atoms with Gasteiger partial charge in [-0.1, -0.05) is 30.3 Å². The zero-order chi connectivity index (χ0) is 13.8. The number of aromatic hydroxyl groups is 1. The Morgan fingerprint density at radius 1 is 0.900 bits per heavy atom. The first-order chi connectivity index (χ1) is 9.83. The molecule has 0 aliphatic rings. The van der Waals surface area contributed by atoms with Crippen LogP contribution in [0.5, 0.6) is 5.75 Å². The number of nitrogens with zero attached hydrogens (tertiary/aromatic N) is 1. The molecule has 0 aliphatic carbocycles. The monoisotopic (exact) mass is 281 g/mol. The summed E-state index contributed by atoms with van der Waals surface area (Å²) >= 11 is 1.69. The Morgan fingerprint density at radius 3 is 2.40 bits per heavy atom. The largest absolute Gasteiger partial charge is 0.508 e. The summed E-state index contributed by atoms with van der Waals surface area (Å²) in [6, 6.07) is 17.7. The molecule has 0 unspecified atom stereocenters. The highest BCUT2D eigenvalue weighted by Gasteiger charge is 2.08. The zero-order valence-corrected chi connectivity index (χ0v) is 11.8. The Bertz CT molecular complexity index is 674. The molecule has 0 radical (unpaired) electrons. The Kier molecular flexibility index (Phi) is 3.79. The molecule has 0 saturated heterocycles. The third kappa shape index (κ3) is 2.89. The number of thiazole rings is 1. The average molecular weight is 281 g/mol. The van der Waals surface area contributed by atoms with Gasteiger partial charge in [0, 0.05) is 10.4 Å². The van der Waals surface area contributed by atoms with Crippen LogP contribution in [0, 0.1) is 0 Å². The maximum atomic E-state index is 9.36. The quantitative estimate of drug-likeness (QED) is 0.773. The lowest BCUT2D eigenvalue weighted by molar-refractivity contribution is 0.475. The minimum absolute atomic E-state index is 0.287. The van der Waals surface area contributed by atoms with E-state index in [-0.39, 0.29) is 5.75 Å². The summed E-state index contributed by atoms with van der Waals surface area (Å²) in [7, 11) is 0. The molecular formula is C17H15NOS. The molecule has 0 atom stereocenters. The van der Waals surface area contributed by atoms with Gasteiger partial charge in [-0.2, -0.15) is 0 Å². The summed E-state index contributed by atoms with van der Waals surface area (Å²) < 4.78 is 0. The Hall–Kier alpha value is -2.13. The molecular weight excluding hydrogens is 266 g/mol. The molecule has 2 aromatic carbocycles. The maximum absolute atomic E-state index is 9.36. The van der Waals surface area contributed by atoms with Crippen LogP contribution in [0.2, 0.25) is 0 Å². The fraction of sp³-hybridized carbons (Fsp3) is 0.118. The molecule has 0 bridgehead atoms. The van der Waals surface area contributed by atoms with Crippen LogP contribution in [-0.4, -0.2) is 10.1 Å². The lowest BCUT2D eigenvalue weighted by Gasteiger charge is -2.03. The van der Waals surface area contributed by atoms with Crippen molar-refractivity contribution in [2.75, 3.05) is 0 Å². The number of phenolic OH excluding ortho intramolecular Hbond substituents is 1. The first kappa shape index (κ1) is 12.9. The number of benzene rings is 2. The van der Waals surface area contributed by atoms with E-state index < -0.39 is 0 Å². The van der Waals surface area contributed by atoms with E-state index in [9.17, 15) is 5.11 Å². The molecule has 0 aliphatic heterocycles. The van der Waals surface area contributed by atoms with Gasteiger partial charge < -0.3 is 5.11 Å². The van der Waals surface area contributed by atoms with E-state index in [0.717, 1.165) is 24.1 Å². The van der Waals surface area contributed by atoms with Crippen molar-refractivity contribution < 1.29 is 5.11 Å². The molecule has 2 nitrogen and oxygen atoms in total. The average Bonchev–Trinajstić information content (AvgIpc) is 2.95. The summed E-state index contributed by atoms with van der Waals surface area (Å²) in [5.74, 6) is 0.287. The van der Waals surface area contributed by atoms with Crippen molar-refractivity contribution in [1.82, 2.24) is 4.98 Å². The SMILES string of the molecule is Oc1ccc(-c2ncsc2CCc2ccccc2)cc1. The van der Waals surface area contributed by atoms with Gasteiger partial charge in [0.2, 0.25) is 0 Å². The van der Waals surface area contributed by atoms with Crippen LogP contribution < -0.4 is 0 Å². The predicted octanol–water partition coefficient (Wildman–Crippen LogP) is 4.30. The molecule has 0 saturated carbocycles. The second-order valence-electron chi connectivity index (χ2n) is 4.66. The molecule has 3 rings (SSSR count). The molecule has 3 aromatic rings. The second-order valence-corrected chi connectivity index (χ2v) is 5.60. The van der Waals surface area contributed by atoms with Gasteiger partial charge in [-0.15, -0.1) is 11.3 Å². The van der Waals surface area contributed by atoms with E-state index in [2.05, 4.69) is 29.2 Å². The maximum Gasteiger partial charge on any atom is 0.115 e. The van der Waals surface area contributed by atoms with Gasteiger partial charge in [-0.25, -0.2) is 4.98 Å². The summed E-state index contributed by atoms with van der Waals surface area (Å²) in [4.78, 5) is 5.76. The van der Waals surface area contributed by atoms with Crippen molar-refractivity contribution in [2.24, 2.45) is 0 Å². The molecule has 0 spiro atoms. The highest BCUT2D eigenvalue weighted by atomic mass is 32.1. The van der Waals surface area contributed by atoms with Gasteiger partial charge >= 0.3 is 0 Å². The van der Waals surface area contributed by atoms with Crippen molar-refractivity contribution in [1.29, 1.82) is 0 Å². The van der Waals surface area contributed by atoms with Crippen LogP contribution in [0.15, 0.2) is 60.1 Å². The van der Waals surface area contributed by atoms with Gasteiger partial charge in [-0.05, 0) is 42.7 Å². The van der Waals surface area contributed by atoms with Gasteiger partial charge in [-0.3, -0.25) is 0 Å². The number of hydrogen-bond acceptors (Lipinski definition) is 3. The first-order valence-electron chi connectivity index (χ1n) is 6.58. The van der Waals surface area contributed by atoms with Gasteiger partial charge in [0.1, 0.15) is 5.75 Å². The van der Waals surface area contributed by atoms with E-state index in [1.807, 2.05) is 23.7 Å². The second kappa shape index (κ2) is 5.88. The summed E-state index contributed by atoms with van der Waals surface area (Å²) in [5.41, 5.74) is 5.33. The summed E-state index contributed by atoms with van der Waals surface area (Å²) in [6.45, 7) is 0. The van der Waals surface area contributed by atoms with Crippen LogP contribution in [0.4, 0.5) is 0 Å². The third-order valence-electron chi connectivity index (χ3n) is 3.27. The highest BCUT2D eigenvalue weighted by Crippen LogP contribution is 2.27. The Morgan fingerprint density at radius 2 is 1.65 bits per heavy atom. The molecule has 1 N–H and O–H groups in total. The summed E-state index contributed by atoms with van der Waals surface area (Å²) in [6.07, 6.45) is 2.01. The lowest BCUT2D eigenvalue weighted by Crippen LogP contribution is -1.91. The van der Waals surface area contributed by atoms with Crippen LogP contribution in [0.1, 0.15) is 10.4 Å². The van der Waals surface area contributed by atoms with E-state index in [1.54, 1.807) is 23.5 Å². The molecule has 0 amide bonds. The first-order valence-corrected chi connectivity index (χ1v) is 7.46. The van der Waals surface area contributed by atoms with E-state index >= 15 is 0 Å². The normalized spacial score (nSPS) is 10.6. The lowest BCUT2D eigenvalue weighted by atomic mass is 10.1. The standard InChI is InChI=1S/C17H15NOS/c19-15-9-7-14(8-10-15)17-16(20-12-18-17)11-6-13-4-2-1-3-5-13/h1-5,7-10,12,19H,6,11H2. The molecule has 1 aromatic heterocycles. The van der Waals surface area contributed by atoms with Crippen molar-refractivity contribution >= 4 is 11.3 Å². The number of aromatic nitrogens is 1. The van der Waals surface area contributed by atoms with Gasteiger partial charge in [0.05, 0.1) is 11.2 Å². The minimum Gasteiger partial charge on any atom is -0.508 e. The molecule has 100 valence electrons. The molecule has 1 heterocycles. The van der Waals surface area contributed by atoms with Crippen molar-refractivity contribution in [3.8, 4) is 17.0 Å². The Balaban J connectivity index is 1.78. The van der Waals surface area contributed by atoms with Crippen LogP contribution in [0.3, 0.4) is 0 Å². The third-order valence-corrected chi connectivity index (χ3v) is 4.16. The van der Waals surface area contributed by atoms with E-state index in [4.69, 9.17) is 0 Å². The molecule has 20 heavy (non-hydrogen) atoms. The van der Waals surface area contributed by atoms with E-state index in [1.165, 1.54) is 10.4 Å². The van der Waals surface area contributed by atoms with E-state index in [0.29, 0.717) is 0 Å². The van der Waals surface area contributed by atoms with Crippen LogP contribution >= 0.6 is 11.3 Å². The smallest absolute Gasteiger partial charge is 0.115 e. The fourth-order valence-corrected chi connectivity index (χ4v) is 2.99. The van der Waals surface area contributed by atoms with Crippen molar-refractivity contribution in [3.63, 3.8) is 0 Å². The highest BCUT2D eigenvalue weighted by molar-refractivity contribution is 7.10. The number of hydrogen-bond donors (Lipinski definition) is 1. The molecule has 3 heteroatoms. The number of aryl methyl sites for hydroxylation is 2. The van der Waals surface area contributed by atoms with Crippen LogP contribution in [-0.2, 0) is 12.8 Å². The predicted molar refractivity (Wildman–Crippen MR) is 83.1 cm³/mol. The Labute approximate surface area is 122 Å². The number of rotatable bonds is 4. The summed E-state index contributed by atoms with van der Waals surface area (Å²) in [5, 5.41) is 9.36. The topological polar surface area (TPSA) is 33.1 Å². The van der Waals surface area contributed by atoms with Crippen LogP contribution in [0.25, 0.3) is 11.3 Å². The number of phenols is 1. The molecule has 0 fully saturated rings.